The van der Waals surface area contributed by atoms with Crippen LogP contribution < -0.4 is 4.74 Å². The van der Waals surface area contributed by atoms with Gasteiger partial charge in [0.05, 0.1) is 12.2 Å². The summed E-state index contributed by atoms with van der Waals surface area (Å²) in [6, 6.07) is 23.0. The van der Waals surface area contributed by atoms with Gasteiger partial charge in [-0.05, 0) is 77.4 Å². The van der Waals surface area contributed by atoms with E-state index in [-0.39, 0.29) is 6.61 Å². The second-order valence-corrected chi connectivity index (χ2v) is 7.47. The first kappa shape index (κ1) is 21.1. The molecule has 0 atom stereocenters. The number of aliphatic hydroxyl groups is 2. The van der Waals surface area contributed by atoms with E-state index in [9.17, 15) is 5.11 Å². The zero-order valence-electron chi connectivity index (χ0n) is 17.4. The van der Waals surface area contributed by atoms with Gasteiger partial charge in [0.2, 0.25) is 0 Å². The highest BCUT2D eigenvalue weighted by molar-refractivity contribution is 5.69. The Morgan fingerprint density at radius 3 is 2.41 bits per heavy atom. The van der Waals surface area contributed by atoms with E-state index < -0.39 is 5.60 Å². The molecule has 0 bridgehead atoms. The summed E-state index contributed by atoms with van der Waals surface area (Å²) < 4.78 is 5.96. The van der Waals surface area contributed by atoms with Crippen LogP contribution in [0.4, 0.5) is 0 Å². The minimum atomic E-state index is -0.767. The Kier molecular flexibility index (Phi) is 6.73. The van der Waals surface area contributed by atoms with Crippen molar-refractivity contribution in [1.29, 1.82) is 0 Å². The van der Waals surface area contributed by atoms with Crippen molar-refractivity contribution in [3.63, 3.8) is 0 Å². The molecular weight excluding hydrogens is 360 g/mol. The maximum Gasteiger partial charge on any atom is 0.120 e. The minimum absolute atomic E-state index is 0.00473. The number of rotatable bonds is 8. The maximum absolute atomic E-state index is 10.8. The van der Waals surface area contributed by atoms with E-state index in [1.54, 1.807) is 0 Å². The lowest BCUT2D eigenvalue weighted by Gasteiger charge is -2.26. The first-order chi connectivity index (χ1) is 14.0. The molecule has 29 heavy (non-hydrogen) atoms. The van der Waals surface area contributed by atoms with Gasteiger partial charge in [-0.15, -0.1) is 0 Å². The third-order valence-corrected chi connectivity index (χ3v) is 5.60. The normalized spacial score (nSPS) is 11.5. The molecule has 0 spiro atoms. The van der Waals surface area contributed by atoms with Crippen LogP contribution >= 0.6 is 0 Å². The highest BCUT2D eigenvalue weighted by Crippen LogP contribution is 2.33. The molecule has 0 aliphatic carbocycles. The van der Waals surface area contributed by atoms with Crippen LogP contribution in [0, 0.1) is 13.0 Å². The second-order valence-electron chi connectivity index (χ2n) is 7.47. The number of aryl methyl sites for hydroxylation is 1. The number of ether oxygens (including phenoxy) is 1. The smallest absolute Gasteiger partial charge is 0.120 e. The van der Waals surface area contributed by atoms with Gasteiger partial charge >= 0.3 is 0 Å². The lowest BCUT2D eigenvalue weighted by atomic mass is 9.86. The van der Waals surface area contributed by atoms with Crippen molar-refractivity contribution in [2.45, 2.75) is 52.4 Å². The van der Waals surface area contributed by atoms with Crippen molar-refractivity contribution in [2.75, 3.05) is 0 Å². The summed E-state index contributed by atoms with van der Waals surface area (Å²) in [6.07, 6.45) is 1.39. The molecule has 151 valence electrons. The minimum Gasteiger partial charge on any atom is -0.489 e. The predicted octanol–water partition coefficient (Wildman–Crippen LogP) is 5.54. The average molecular weight is 390 g/mol. The molecule has 0 heterocycles. The van der Waals surface area contributed by atoms with Crippen molar-refractivity contribution in [3.05, 3.63) is 89.0 Å². The fraction of sp³-hybridized carbons (Fsp3) is 0.308. The topological polar surface area (TPSA) is 49.7 Å². The number of aliphatic hydroxyl groups excluding tert-OH is 1. The van der Waals surface area contributed by atoms with E-state index in [1.807, 2.05) is 56.3 Å². The summed E-state index contributed by atoms with van der Waals surface area (Å²) in [7, 11) is 0. The summed E-state index contributed by atoms with van der Waals surface area (Å²) in [5.41, 5.74) is 5.34. The Balaban J connectivity index is 1.78. The first-order valence-corrected chi connectivity index (χ1v) is 10.2. The zero-order chi connectivity index (χ0) is 20.9. The first-order valence-electron chi connectivity index (χ1n) is 10.2. The third kappa shape index (κ3) is 4.87. The van der Waals surface area contributed by atoms with Gasteiger partial charge in [0.25, 0.3) is 0 Å². The lowest BCUT2D eigenvalue weighted by Crippen LogP contribution is -2.23. The van der Waals surface area contributed by atoms with Gasteiger partial charge in [0.1, 0.15) is 12.4 Å². The van der Waals surface area contributed by atoms with E-state index in [4.69, 9.17) is 9.84 Å². The quantitative estimate of drug-likeness (QED) is 0.532. The molecule has 3 aromatic rings. The van der Waals surface area contributed by atoms with Gasteiger partial charge < -0.3 is 14.9 Å². The fourth-order valence-corrected chi connectivity index (χ4v) is 3.53. The zero-order valence-corrected chi connectivity index (χ0v) is 17.4. The molecular formula is C26H29O3. The molecule has 0 aromatic heterocycles. The van der Waals surface area contributed by atoms with Crippen molar-refractivity contribution in [1.82, 2.24) is 0 Å². The summed E-state index contributed by atoms with van der Waals surface area (Å²) in [6.45, 7) is 6.56. The molecule has 1 radical (unpaired) electrons. The van der Waals surface area contributed by atoms with Crippen molar-refractivity contribution >= 4 is 0 Å². The molecule has 0 saturated carbocycles. The number of hydrogen-bond acceptors (Lipinski definition) is 3. The van der Waals surface area contributed by atoms with E-state index in [1.165, 1.54) is 0 Å². The molecule has 2 N–H and O–H groups in total. The Bertz CT molecular complexity index is 940. The Hall–Kier alpha value is -2.62. The largest absolute Gasteiger partial charge is 0.489 e. The fourth-order valence-electron chi connectivity index (χ4n) is 3.53. The molecule has 3 rings (SSSR count). The van der Waals surface area contributed by atoms with Gasteiger partial charge in [0.15, 0.2) is 0 Å². The second kappa shape index (κ2) is 9.25. The highest BCUT2D eigenvalue weighted by Gasteiger charge is 2.25. The van der Waals surface area contributed by atoms with E-state index in [2.05, 4.69) is 31.2 Å². The van der Waals surface area contributed by atoms with Gasteiger partial charge in [-0.2, -0.15) is 0 Å². The molecule has 3 heteroatoms. The van der Waals surface area contributed by atoms with Crippen LogP contribution in [-0.2, 0) is 18.8 Å². The van der Waals surface area contributed by atoms with Gasteiger partial charge in [-0.25, -0.2) is 0 Å². The predicted molar refractivity (Wildman–Crippen MR) is 117 cm³/mol. The SMILES string of the molecule is CCC(O)(CC)c1ccc(-c2cccc(OCc3c[c]c(CO)cc3)c2)c(C)c1. The van der Waals surface area contributed by atoms with Gasteiger partial charge in [-0.1, -0.05) is 56.3 Å². The lowest BCUT2D eigenvalue weighted by molar-refractivity contribution is 0.0283. The molecule has 0 fully saturated rings. The molecule has 3 aromatic carbocycles. The molecule has 0 unspecified atom stereocenters. The average Bonchev–Trinajstić information content (AvgIpc) is 2.77. The van der Waals surface area contributed by atoms with Crippen LogP contribution in [0.3, 0.4) is 0 Å². The Morgan fingerprint density at radius 2 is 1.79 bits per heavy atom. The summed E-state index contributed by atoms with van der Waals surface area (Å²) >= 11 is 0. The monoisotopic (exact) mass is 389 g/mol. The third-order valence-electron chi connectivity index (χ3n) is 5.60. The van der Waals surface area contributed by atoms with Crippen LogP contribution in [0.25, 0.3) is 11.1 Å². The van der Waals surface area contributed by atoms with Crippen molar-refractivity contribution in [3.8, 4) is 16.9 Å². The van der Waals surface area contributed by atoms with Gasteiger partial charge in [0, 0.05) is 0 Å². The molecule has 0 aliphatic rings. The summed E-state index contributed by atoms with van der Waals surface area (Å²) in [5.74, 6) is 0.802. The van der Waals surface area contributed by atoms with E-state index in [0.717, 1.165) is 39.1 Å². The van der Waals surface area contributed by atoms with Crippen molar-refractivity contribution in [2.24, 2.45) is 0 Å². The van der Waals surface area contributed by atoms with Crippen LogP contribution in [0.2, 0.25) is 0 Å². The standard InChI is InChI=1S/C26H29O3/c1-4-26(28,5-2)23-13-14-25(19(3)15-23)22-7-6-8-24(16-22)29-18-21-11-9-20(17-27)10-12-21/h6-9,11-16,27-28H,4-5,17-18H2,1-3H3. The van der Waals surface area contributed by atoms with Crippen LogP contribution in [0.15, 0.2) is 60.7 Å². The molecule has 0 aliphatic heterocycles. The molecule has 3 nitrogen and oxygen atoms in total. The van der Waals surface area contributed by atoms with Crippen molar-refractivity contribution < 1.29 is 14.9 Å². The van der Waals surface area contributed by atoms with Crippen LogP contribution in [-0.4, -0.2) is 10.2 Å². The summed E-state index contributed by atoms with van der Waals surface area (Å²) in [5, 5.41) is 19.9. The van der Waals surface area contributed by atoms with Crippen LogP contribution in [0.5, 0.6) is 5.75 Å². The van der Waals surface area contributed by atoms with Gasteiger partial charge in [-0.3, -0.25) is 0 Å². The number of hydrogen-bond donors (Lipinski definition) is 2. The number of benzene rings is 3. The molecule has 0 saturated heterocycles. The maximum atomic E-state index is 10.8. The summed E-state index contributed by atoms with van der Waals surface area (Å²) in [4.78, 5) is 0. The van der Waals surface area contributed by atoms with E-state index in [0.29, 0.717) is 19.4 Å². The highest BCUT2D eigenvalue weighted by atomic mass is 16.5. The van der Waals surface area contributed by atoms with E-state index >= 15 is 0 Å². The Labute approximate surface area is 173 Å². The molecule has 0 amide bonds. The van der Waals surface area contributed by atoms with Crippen LogP contribution in [0.1, 0.15) is 48.9 Å². The Morgan fingerprint density at radius 1 is 1.00 bits per heavy atom.